The van der Waals surface area contributed by atoms with Crippen LogP contribution in [0.15, 0.2) is 0 Å². The molecular formula is C26H8F10N2O6S2. The van der Waals surface area contributed by atoms with Crippen LogP contribution in [0.5, 0.6) is 0 Å². The lowest BCUT2D eigenvalue weighted by Crippen LogP contribution is -2.54. The molecule has 3 aliphatic rings. The first-order valence-corrected chi connectivity index (χ1v) is 14.1. The number of thiazole rings is 2. The summed E-state index contributed by atoms with van der Waals surface area (Å²) in [5.41, 5.74) is -4.48. The Labute approximate surface area is 255 Å². The molecule has 0 bridgehead atoms. The predicted octanol–water partition coefficient (Wildman–Crippen LogP) is 5.53. The molecule has 20 heteroatoms. The van der Waals surface area contributed by atoms with Gasteiger partial charge in [0.25, 0.3) is 11.6 Å². The van der Waals surface area contributed by atoms with Gasteiger partial charge >= 0.3 is 0 Å². The Hall–Kier alpha value is -3.82. The number of nitrogens with zero attached hydrogens (tertiary/aromatic N) is 2. The Balaban J connectivity index is 1.45. The van der Waals surface area contributed by atoms with Crippen molar-refractivity contribution in [3.63, 3.8) is 0 Å². The van der Waals surface area contributed by atoms with E-state index in [1.807, 2.05) is 0 Å². The molecule has 2 aromatic heterocycles. The normalized spacial score (nSPS) is 17.6. The molecular weight excluding hydrogens is 690 g/mol. The molecule has 0 atom stereocenters. The minimum absolute atomic E-state index is 0.192. The smallest absolute Gasteiger partial charge is 0.276 e. The molecule has 1 aliphatic carbocycles. The summed E-state index contributed by atoms with van der Waals surface area (Å²) in [5.74, 6) is -32.6. The van der Waals surface area contributed by atoms with Gasteiger partial charge in [-0.05, 0) is 0 Å². The number of rotatable bonds is 4. The van der Waals surface area contributed by atoms with Crippen LogP contribution in [0.3, 0.4) is 0 Å². The number of ketones is 2. The van der Waals surface area contributed by atoms with Gasteiger partial charge in [0.15, 0.2) is 56.6 Å². The lowest BCUT2D eigenvalue weighted by atomic mass is 9.90. The highest BCUT2D eigenvalue weighted by Gasteiger charge is 2.70. The second-order valence-corrected chi connectivity index (χ2v) is 11.6. The van der Waals surface area contributed by atoms with E-state index in [2.05, 4.69) is 9.97 Å². The topological polar surface area (TPSA) is 96.8 Å². The first-order valence-electron chi connectivity index (χ1n) is 12.5. The van der Waals surface area contributed by atoms with E-state index in [0.717, 1.165) is 0 Å². The van der Waals surface area contributed by atoms with Crippen LogP contribution >= 0.6 is 22.7 Å². The molecule has 0 unspecified atom stereocenters. The third kappa shape index (κ3) is 3.81. The highest BCUT2D eigenvalue weighted by atomic mass is 32.1. The molecule has 0 radical (unpaired) electrons. The lowest BCUT2D eigenvalue weighted by molar-refractivity contribution is -0.368. The molecule has 0 saturated carbocycles. The fourth-order valence-corrected chi connectivity index (χ4v) is 7.43. The van der Waals surface area contributed by atoms with Crippen LogP contribution in [-0.4, -0.2) is 48.0 Å². The van der Waals surface area contributed by atoms with Crippen LogP contribution in [0.25, 0.3) is 9.75 Å². The van der Waals surface area contributed by atoms with E-state index in [1.54, 1.807) is 0 Å². The second-order valence-electron chi connectivity index (χ2n) is 9.57. The summed E-state index contributed by atoms with van der Waals surface area (Å²) in [6.45, 7) is -0.769. The van der Waals surface area contributed by atoms with E-state index >= 15 is 0 Å². The summed E-state index contributed by atoms with van der Waals surface area (Å²) in [6.07, 6.45) is 0. The predicted molar refractivity (Wildman–Crippen MR) is 130 cm³/mol. The molecule has 7 rings (SSSR count). The minimum Gasteiger partial charge on any atom is -0.338 e. The number of benzene rings is 2. The molecule has 240 valence electrons. The number of carbonyl (C=O) groups excluding carboxylic acids is 2. The summed E-state index contributed by atoms with van der Waals surface area (Å²) in [6, 6.07) is 0. The fraction of sp³-hybridized carbons (Fsp3) is 0.231. The average Bonchev–Trinajstić information content (AvgIpc) is 3.86. The van der Waals surface area contributed by atoms with Crippen LogP contribution in [0.1, 0.15) is 42.1 Å². The van der Waals surface area contributed by atoms with E-state index in [9.17, 15) is 53.5 Å². The molecule has 2 fully saturated rings. The van der Waals surface area contributed by atoms with Crippen molar-refractivity contribution in [3.05, 3.63) is 90.7 Å². The van der Waals surface area contributed by atoms with E-state index in [-0.39, 0.29) is 58.9 Å². The molecule has 2 saturated heterocycles. The summed E-state index contributed by atoms with van der Waals surface area (Å²) in [4.78, 5) is 34.1. The van der Waals surface area contributed by atoms with Gasteiger partial charge < -0.3 is 18.9 Å². The Bertz CT molecular complexity index is 1840. The van der Waals surface area contributed by atoms with Crippen molar-refractivity contribution < 1.29 is 72.4 Å². The van der Waals surface area contributed by atoms with E-state index < -0.39 is 114 Å². The summed E-state index contributed by atoms with van der Waals surface area (Å²) in [7, 11) is 0. The molecule has 8 nitrogen and oxygen atoms in total. The van der Waals surface area contributed by atoms with Crippen LogP contribution < -0.4 is 0 Å². The highest BCUT2D eigenvalue weighted by Crippen LogP contribution is 2.61. The minimum atomic E-state index is -2.52. The van der Waals surface area contributed by atoms with Crippen molar-refractivity contribution in [1.29, 1.82) is 0 Å². The quantitative estimate of drug-likeness (QED) is 0.119. The van der Waals surface area contributed by atoms with Crippen molar-refractivity contribution in [2.24, 2.45) is 0 Å². The zero-order valence-corrected chi connectivity index (χ0v) is 23.4. The van der Waals surface area contributed by atoms with Gasteiger partial charge in [-0.15, -0.1) is 22.7 Å². The number of aromatic nitrogens is 2. The number of carbonyl (C=O) groups is 2. The van der Waals surface area contributed by atoms with Gasteiger partial charge in [-0.25, -0.2) is 53.9 Å². The monoisotopic (exact) mass is 698 g/mol. The van der Waals surface area contributed by atoms with Gasteiger partial charge in [0, 0.05) is 0 Å². The fourth-order valence-electron chi connectivity index (χ4n) is 5.20. The molecule has 2 spiro atoms. The number of ether oxygens (including phenoxy) is 4. The van der Waals surface area contributed by atoms with Crippen LogP contribution in [0, 0.1) is 58.2 Å². The Morgan fingerprint density at radius 3 is 1.02 bits per heavy atom. The van der Waals surface area contributed by atoms with E-state index in [0.29, 0.717) is 0 Å². The zero-order chi connectivity index (χ0) is 33.0. The van der Waals surface area contributed by atoms with Crippen LogP contribution in [-0.2, 0) is 30.5 Å². The Kier molecular flexibility index (Phi) is 6.93. The van der Waals surface area contributed by atoms with Crippen molar-refractivity contribution in [1.82, 2.24) is 9.97 Å². The molecule has 4 heterocycles. The molecule has 2 aromatic carbocycles. The van der Waals surface area contributed by atoms with Crippen molar-refractivity contribution in [2.75, 3.05) is 26.4 Å². The maximum Gasteiger partial charge on any atom is 0.276 e. The summed E-state index contributed by atoms with van der Waals surface area (Å²) < 4.78 is 164. The van der Waals surface area contributed by atoms with Gasteiger partial charge in [-0.3, -0.25) is 9.59 Å². The largest absolute Gasteiger partial charge is 0.338 e. The lowest BCUT2D eigenvalue weighted by Gasteiger charge is -2.42. The highest BCUT2D eigenvalue weighted by molar-refractivity contribution is 7.24. The van der Waals surface area contributed by atoms with Crippen LogP contribution in [0.2, 0.25) is 0 Å². The second kappa shape index (κ2) is 10.3. The molecule has 0 amide bonds. The maximum absolute atomic E-state index is 14.6. The Morgan fingerprint density at radius 2 is 0.739 bits per heavy atom. The van der Waals surface area contributed by atoms with Gasteiger partial charge in [-0.1, -0.05) is 0 Å². The first-order chi connectivity index (χ1) is 21.8. The SMILES string of the molecule is O=C(c1nc2c(s1)-c1sc(C(=O)c3c(F)c(F)c(F)c(F)c3F)nc1C1(OCCO1)C21OCCO1)c1c(F)c(F)c(F)c(F)c1F. The van der Waals surface area contributed by atoms with E-state index in [1.165, 1.54) is 0 Å². The van der Waals surface area contributed by atoms with Crippen molar-refractivity contribution in [2.45, 2.75) is 11.6 Å². The van der Waals surface area contributed by atoms with E-state index in [4.69, 9.17) is 18.9 Å². The van der Waals surface area contributed by atoms with Crippen molar-refractivity contribution in [3.8, 4) is 9.75 Å². The van der Waals surface area contributed by atoms with Crippen LogP contribution in [0.4, 0.5) is 43.9 Å². The van der Waals surface area contributed by atoms with Gasteiger partial charge in [0.1, 0.15) is 22.5 Å². The van der Waals surface area contributed by atoms with Gasteiger partial charge in [0.05, 0.1) is 36.2 Å². The third-order valence-electron chi connectivity index (χ3n) is 7.17. The average molecular weight is 698 g/mol. The Morgan fingerprint density at radius 1 is 0.478 bits per heavy atom. The maximum atomic E-state index is 14.6. The van der Waals surface area contributed by atoms with Gasteiger partial charge in [-0.2, -0.15) is 0 Å². The van der Waals surface area contributed by atoms with Gasteiger partial charge in [0.2, 0.25) is 23.2 Å². The number of hydrogen-bond acceptors (Lipinski definition) is 10. The summed E-state index contributed by atoms with van der Waals surface area (Å²) in [5, 5.41) is -1.76. The zero-order valence-electron chi connectivity index (χ0n) is 21.8. The first kappa shape index (κ1) is 30.8. The third-order valence-corrected chi connectivity index (χ3v) is 9.44. The summed E-state index contributed by atoms with van der Waals surface area (Å²) >= 11 is 0.578. The standard InChI is InChI=1S/C26H8F10N2O6S2/c27-7-5(8(28)12(32)15(35)11(7)31)17(39)23-37-21-19(45-23)20-22(26(43-3-4-44-26)25(21)41-1-2-42-25)38-24(46-20)18(40)6-9(29)13(33)16(36)14(34)10(6)30/h1-4H2. The van der Waals surface area contributed by atoms with Crippen molar-refractivity contribution >= 4 is 34.2 Å². The molecule has 46 heavy (non-hydrogen) atoms. The molecule has 0 N–H and O–H groups in total. The number of fused-ring (bicyclic) bond motifs is 6. The number of hydrogen-bond donors (Lipinski definition) is 0. The molecule has 4 aromatic rings. The molecule has 2 aliphatic heterocycles. The number of halogens is 10.